The van der Waals surface area contributed by atoms with Crippen LogP contribution in [-0.4, -0.2) is 48.7 Å². The average molecular weight is 355 g/mol. The molecule has 3 rings (SSSR count). The van der Waals surface area contributed by atoms with Gasteiger partial charge in [0, 0.05) is 19.0 Å². The number of benzene rings is 2. The van der Waals surface area contributed by atoms with E-state index >= 15 is 0 Å². The number of amides is 1. The fourth-order valence-electron chi connectivity index (χ4n) is 3.26. The Morgan fingerprint density at radius 2 is 1.69 bits per heavy atom. The van der Waals surface area contributed by atoms with E-state index in [9.17, 15) is 14.7 Å². The Kier molecular flexibility index (Phi) is 5.41. The van der Waals surface area contributed by atoms with Crippen LogP contribution >= 0.6 is 0 Å². The first-order chi connectivity index (χ1) is 12.6. The Bertz CT molecular complexity index is 777. The fourth-order valence-corrected chi connectivity index (χ4v) is 3.26. The van der Waals surface area contributed by atoms with Gasteiger partial charge in [-0.3, -0.25) is 9.59 Å². The molecule has 0 aromatic heterocycles. The van der Waals surface area contributed by atoms with Gasteiger partial charge in [0.2, 0.25) is 0 Å². The van der Waals surface area contributed by atoms with Gasteiger partial charge in [-0.05, 0) is 17.7 Å². The first-order valence-electron chi connectivity index (χ1n) is 8.41. The predicted molar refractivity (Wildman–Crippen MR) is 95.4 cm³/mol. The molecule has 0 saturated carbocycles. The minimum atomic E-state index is -0.889. The summed E-state index contributed by atoms with van der Waals surface area (Å²) in [7, 11) is 1.53. The molecule has 0 aliphatic carbocycles. The van der Waals surface area contributed by atoms with Crippen LogP contribution in [0.2, 0.25) is 0 Å². The highest BCUT2D eigenvalue weighted by molar-refractivity contribution is 5.80. The van der Waals surface area contributed by atoms with E-state index in [1.165, 1.54) is 7.11 Å². The van der Waals surface area contributed by atoms with Crippen molar-refractivity contribution in [1.29, 1.82) is 0 Å². The van der Waals surface area contributed by atoms with E-state index in [0.29, 0.717) is 18.0 Å². The first-order valence-corrected chi connectivity index (χ1v) is 8.41. The van der Waals surface area contributed by atoms with Crippen LogP contribution in [0.5, 0.6) is 11.5 Å². The maximum atomic E-state index is 12.5. The molecule has 1 aliphatic rings. The number of rotatable bonds is 6. The SMILES string of the molecule is COc1ccccc1OCC(=O)N1C[C@H](C(=O)O)[C@H](c2ccccc2)C1. The number of carboxylic acid groups (broad SMARTS) is 1. The van der Waals surface area contributed by atoms with Crippen molar-refractivity contribution in [3.8, 4) is 11.5 Å². The summed E-state index contributed by atoms with van der Waals surface area (Å²) in [5, 5.41) is 9.54. The van der Waals surface area contributed by atoms with E-state index in [0.717, 1.165) is 5.56 Å². The van der Waals surface area contributed by atoms with Crippen LogP contribution in [0.1, 0.15) is 11.5 Å². The van der Waals surface area contributed by atoms with Crippen molar-refractivity contribution in [2.75, 3.05) is 26.8 Å². The van der Waals surface area contributed by atoms with E-state index in [4.69, 9.17) is 9.47 Å². The Hall–Kier alpha value is -3.02. The van der Waals surface area contributed by atoms with E-state index < -0.39 is 11.9 Å². The van der Waals surface area contributed by atoms with Gasteiger partial charge in [0.15, 0.2) is 18.1 Å². The molecule has 1 N–H and O–H groups in total. The highest BCUT2D eigenvalue weighted by Crippen LogP contribution is 2.33. The van der Waals surface area contributed by atoms with Gasteiger partial charge >= 0.3 is 5.97 Å². The Morgan fingerprint density at radius 3 is 2.35 bits per heavy atom. The smallest absolute Gasteiger partial charge is 0.308 e. The van der Waals surface area contributed by atoms with Crippen molar-refractivity contribution in [2.45, 2.75) is 5.92 Å². The Balaban J connectivity index is 1.67. The number of carbonyl (C=O) groups excluding carboxylic acids is 1. The van der Waals surface area contributed by atoms with E-state index in [-0.39, 0.29) is 25.0 Å². The maximum Gasteiger partial charge on any atom is 0.308 e. The van der Waals surface area contributed by atoms with Crippen molar-refractivity contribution in [2.24, 2.45) is 5.92 Å². The van der Waals surface area contributed by atoms with Gasteiger partial charge in [0.1, 0.15) is 0 Å². The number of para-hydroxylation sites is 2. The lowest BCUT2D eigenvalue weighted by molar-refractivity contribution is -0.142. The molecule has 1 heterocycles. The molecule has 0 bridgehead atoms. The van der Waals surface area contributed by atoms with Gasteiger partial charge in [0.05, 0.1) is 13.0 Å². The number of aliphatic carboxylic acids is 1. The minimum Gasteiger partial charge on any atom is -0.493 e. The van der Waals surface area contributed by atoms with Crippen LogP contribution in [0.25, 0.3) is 0 Å². The lowest BCUT2D eigenvalue weighted by Gasteiger charge is -2.17. The third kappa shape index (κ3) is 3.79. The number of hydrogen-bond acceptors (Lipinski definition) is 4. The molecule has 2 atom stereocenters. The predicted octanol–water partition coefficient (Wildman–Crippen LogP) is 2.40. The molecule has 0 radical (unpaired) electrons. The van der Waals surface area contributed by atoms with Crippen LogP contribution in [0.15, 0.2) is 54.6 Å². The molecule has 1 saturated heterocycles. The van der Waals surface area contributed by atoms with Gasteiger partial charge in [-0.25, -0.2) is 0 Å². The van der Waals surface area contributed by atoms with Crippen LogP contribution in [0.3, 0.4) is 0 Å². The number of ether oxygens (including phenoxy) is 2. The van der Waals surface area contributed by atoms with Crippen molar-refractivity contribution in [1.82, 2.24) is 4.90 Å². The standard InChI is InChI=1S/C20H21NO5/c1-25-17-9-5-6-10-18(17)26-13-19(22)21-11-15(16(12-21)20(23)24)14-7-3-2-4-8-14/h2-10,15-16H,11-13H2,1H3,(H,23,24)/t15-,16-/m0/s1. The van der Waals surface area contributed by atoms with Crippen molar-refractivity contribution in [3.63, 3.8) is 0 Å². The number of hydrogen-bond donors (Lipinski definition) is 1. The third-order valence-corrected chi connectivity index (χ3v) is 4.64. The van der Waals surface area contributed by atoms with Gasteiger partial charge in [-0.2, -0.15) is 0 Å². The van der Waals surface area contributed by atoms with Crippen molar-refractivity contribution < 1.29 is 24.2 Å². The summed E-state index contributed by atoms with van der Waals surface area (Å²) in [4.78, 5) is 25.7. The zero-order chi connectivity index (χ0) is 18.5. The average Bonchev–Trinajstić information content (AvgIpc) is 3.13. The van der Waals surface area contributed by atoms with Crippen LogP contribution in [-0.2, 0) is 9.59 Å². The normalized spacial score (nSPS) is 19.2. The Morgan fingerprint density at radius 1 is 1.04 bits per heavy atom. The number of carboxylic acids is 1. The van der Waals surface area contributed by atoms with Crippen LogP contribution in [0.4, 0.5) is 0 Å². The van der Waals surface area contributed by atoms with Gasteiger partial charge in [-0.1, -0.05) is 42.5 Å². The number of carbonyl (C=O) groups is 2. The lowest BCUT2D eigenvalue weighted by Crippen LogP contribution is -2.33. The summed E-state index contributed by atoms with van der Waals surface area (Å²) in [6, 6.07) is 16.5. The summed E-state index contributed by atoms with van der Waals surface area (Å²) in [6.07, 6.45) is 0. The molecule has 6 heteroatoms. The van der Waals surface area contributed by atoms with Gasteiger partial charge in [-0.15, -0.1) is 0 Å². The highest BCUT2D eigenvalue weighted by atomic mass is 16.5. The van der Waals surface area contributed by atoms with E-state index in [2.05, 4.69) is 0 Å². The third-order valence-electron chi connectivity index (χ3n) is 4.64. The molecule has 26 heavy (non-hydrogen) atoms. The molecule has 136 valence electrons. The molecule has 0 spiro atoms. The second kappa shape index (κ2) is 7.91. The summed E-state index contributed by atoms with van der Waals surface area (Å²) < 4.78 is 10.8. The topological polar surface area (TPSA) is 76.1 Å². The zero-order valence-corrected chi connectivity index (χ0v) is 14.5. The second-order valence-electron chi connectivity index (χ2n) is 6.20. The van der Waals surface area contributed by atoms with Crippen molar-refractivity contribution >= 4 is 11.9 Å². The summed E-state index contributed by atoms with van der Waals surface area (Å²) >= 11 is 0. The Labute approximate surface area is 152 Å². The molecule has 6 nitrogen and oxygen atoms in total. The highest BCUT2D eigenvalue weighted by Gasteiger charge is 2.40. The largest absolute Gasteiger partial charge is 0.493 e. The number of likely N-dealkylation sites (tertiary alicyclic amines) is 1. The molecule has 2 aromatic carbocycles. The molecule has 2 aromatic rings. The summed E-state index contributed by atoms with van der Waals surface area (Å²) in [5.41, 5.74) is 0.931. The minimum absolute atomic E-state index is 0.159. The number of nitrogens with zero attached hydrogens (tertiary/aromatic N) is 1. The molecular weight excluding hydrogens is 334 g/mol. The van der Waals surface area contributed by atoms with E-state index in [1.54, 1.807) is 23.1 Å². The molecule has 1 amide bonds. The van der Waals surface area contributed by atoms with Gasteiger partial charge in [0.25, 0.3) is 5.91 Å². The fraction of sp³-hybridized carbons (Fsp3) is 0.300. The lowest BCUT2D eigenvalue weighted by atomic mass is 9.89. The molecule has 1 fully saturated rings. The molecular formula is C20H21NO5. The molecule has 0 unspecified atom stereocenters. The maximum absolute atomic E-state index is 12.5. The molecule has 1 aliphatic heterocycles. The quantitative estimate of drug-likeness (QED) is 0.861. The second-order valence-corrected chi connectivity index (χ2v) is 6.20. The summed E-state index contributed by atoms with van der Waals surface area (Å²) in [6.45, 7) is 0.395. The number of methoxy groups -OCH3 is 1. The van der Waals surface area contributed by atoms with Crippen LogP contribution < -0.4 is 9.47 Å². The van der Waals surface area contributed by atoms with Gasteiger partial charge < -0.3 is 19.5 Å². The first kappa shape index (κ1) is 17.8. The van der Waals surface area contributed by atoms with E-state index in [1.807, 2.05) is 36.4 Å². The summed E-state index contributed by atoms with van der Waals surface area (Å²) in [5.74, 6) is -0.929. The zero-order valence-electron chi connectivity index (χ0n) is 14.5. The van der Waals surface area contributed by atoms with Crippen molar-refractivity contribution in [3.05, 3.63) is 60.2 Å². The monoisotopic (exact) mass is 355 g/mol. The van der Waals surface area contributed by atoms with Crippen LogP contribution in [0, 0.1) is 5.92 Å².